The van der Waals surface area contributed by atoms with Crippen molar-refractivity contribution >= 4 is 38.7 Å². The van der Waals surface area contributed by atoms with Crippen LogP contribution in [0.5, 0.6) is 11.5 Å². The van der Waals surface area contributed by atoms with Crippen molar-refractivity contribution in [1.29, 1.82) is 0 Å². The number of benzene rings is 1. The number of aromatic nitrogens is 6. The van der Waals surface area contributed by atoms with E-state index >= 15 is 4.39 Å². The first kappa shape index (κ1) is 27.1. The molecule has 0 radical (unpaired) electrons. The van der Waals surface area contributed by atoms with E-state index in [1.54, 1.807) is 13.8 Å². The molecule has 0 bridgehead atoms. The van der Waals surface area contributed by atoms with E-state index in [0.717, 1.165) is 12.3 Å². The second-order valence-electron chi connectivity index (χ2n) is 8.73. The van der Waals surface area contributed by atoms with Crippen LogP contribution in [0, 0.1) is 5.82 Å². The number of carbonyl (C=O) groups excluding carboxylic acids is 1. The molecular weight excluding hydrogens is 602 g/mol. The van der Waals surface area contributed by atoms with Crippen molar-refractivity contribution in [3.05, 3.63) is 87.0 Å². The summed E-state index contributed by atoms with van der Waals surface area (Å²) in [4.78, 5) is 35.8. The van der Waals surface area contributed by atoms with Gasteiger partial charge in [-0.25, -0.2) is 23.8 Å². The first-order valence-electron chi connectivity index (χ1n) is 11.6. The Bertz CT molecular complexity index is 1810. The molecule has 15 heteroatoms. The monoisotopic (exact) mass is 619 g/mol. The van der Waals surface area contributed by atoms with Gasteiger partial charge in [-0.05, 0) is 54.0 Å². The standard InChI is InChI=1S/C25H18BrF4N7O3/c1-12(2)36-19-18(7-9-31-21(19)35-24(36)39)40-17-6-5-13(10-16(17)27)34-23(38)14-11-33-37(20(14)25(28,29)30)22-15(26)4-3-8-32-22/h3-12H,1-2H3,(H,34,38)(H,31,35,39). The average Bonchev–Trinajstić information content (AvgIpc) is 3.47. The lowest BCUT2D eigenvalue weighted by molar-refractivity contribution is -0.143. The zero-order chi connectivity index (χ0) is 28.8. The molecule has 0 saturated carbocycles. The number of alkyl halides is 3. The van der Waals surface area contributed by atoms with Gasteiger partial charge in [-0.2, -0.15) is 18.3 Å². The third-order valence-electron chi connectivity index (χ3n) is 5.72. The maximum atomic E-state index is 15.0. The fourth-order valence-corrected chi connectivity index (χ4v) is 4.48. The number of imidazole rings is 1. The van der Waals surface area contributed by atoms with Crippen molar-refractivity contribution in [2.75, 3.05) is 5.32 Å². The predicted molar refractivity (Wildman–Crippen MR) is 139 cm³/mol. The Morgan fingerprint density at radius 1 is 1.12 bits per heavy atom. The van der Waals surface area contributed by atoms with Gasteiger partial charge in [0, 0.05) is 36.3 Å². The van der Waals surface area contributed by atoms with Crippen molar-refractivity contribution < 1.29 is 27.1 Å². The van der Waals surface area contributed by atoms with Crippen LogP contribution in [0.25, 0.3) is 17.0 Å². The number of H-pyrrole nitrogens is 1. The molecule has 4 heterocycles. The highest BCUT2D eigenvalue weighted by atomic mass is 79.9. The van der Waals surface area contributed by atoms with Gasteiger partial charge in [-0.1, -0.05) is 0 Å². The van der Waals surface area contributed by atoms with Crippen LogP contribution in [0.15, 0.2) is 64.3 Å². The van der Waals surface area contributed by atoms with E-state index in [4.69, 9.17) is 4.74 Å². The van der Waals surface area contributed by atoms with Crippen LogP contribution in [0.2, 0.25) is 0 Å². The molecule has 0 aliphatic carbocycles. The van der Waals surface area contributed by atoms with Gasteiger partial charge in [0.05, 0.1) is 16.2 Å². The van der Waals surface area contributed by atoms with Gasteiger partial charge in [0.1, 0.15) is 5.52 Å². The highest BCUT2D eigenvalue weighted by molar-refractivity contribution is 9.10. The summed E-state index contributed by atoms with van der Waals surface area (Å²) in [6, 6.07) is 7.55. The smallest absolute Gasteiger partial charge is 0.434 e. The first-order valence-corrected chi connectivity index (χ1v) is 12.4. The number of halogens is 5. The molecule has 5 rings (SSSR count). The number of fused-ring (bicyclic) bond motifs is 1. The number of hydrogen-bond donors (Lipinski definition) is 2. The Balaban J connectivity index is 1.44. The lowest BCUT2D eigenvalue weighted by Gasteiger charge is -2.14. The summed E-state index contributed by atoms with van der Waals surface area (Å²) in [6.45, 7) is 3.57. The minimum absolute atomic E-state index is 0.129. The van der Waals surface area contributed by atoms with E-state index in [1.807, 2.05) is 0 Å². The number of nitrogens with one attached hydrogen (secondary N) is 2. The Labute approximate surface area is 230 Å². The van der Waals surface area contributed by atoms with Crippen molar-refractivity contribution in [1.82, 2.24) is 29.3 Å². The molecule has 0 aliphatic heterocycles. The molecule has 0 aliphatic rings. The molecule has 0 spiro atoms. The fourth-order valence-electron chi connectivity index (χ4n) is 4.06. The minimum atomic E-state index is -4.96. The van der Waals surface area contributed by atoms with Crippen molar-refractivity contribution in [2.24, 2.45) is 0 Å². The van der Waals surface area contributed by atoms with Crippen molar-refractivity contribution in [3.8, 4) is 17.3 Å². The van der Waals surface area contributed by atoms with Gasteiger partial charge in [0.2, 0.25) is 0 Å². The Hall–Kier alpha value is -4.53. The number of anilines is 1. The SMILES string of the molecule is CC(C)n1c(=O)[nH]c2nccc(Oc3ccc(NC(=O)c4cnn(-c5ncccc5Br)c4C(F)(F)F)cc3F)c21. The summed E-state index contributed by atoms with van der Waals surface area (Å²) in [6.07, 6.45) is -1.55. The second kappa shape index (κ2) is 10.2. The van der Waals surface area contributed by atoms with E-state index < -0.39 is 34.8 Å². The van der Waals surface area contributed by atoms with Crippen LogP contribution in [0.4, 0.5) is 23.2 Å². The maximum absolute atomic E-state index is 15.0. The number of aromatic amines is 1. The van der Waals surface area contributed by atoms with Gasteiger partial charge >= 0.3 is 11.9 Å². The molecule has 10 nitrogen and oxygen atoms in total. The van der Waals surface area contributed by atoms with E-state index in [9.17, 15) is 22.8 Å². The molecule has 4 aromatic heterocycles. The summed E-state index contributed by atoms with van der Waals surface area (Å²) >= 11 is 3.13. The van der Waals surface area contributed by atoms with E-state index in [1.165, 1.54) is 47.3 Å². The highest BCUT2D eigenvalue weighted by Gasteiger charge is 2.41. The molecule has 0 fully saturated rings. The van der Waals surface area contributed by atoms with Crippen molar-refractivity contribution in [2.45, 2.75) is 26.1 Å². The largest absolute Gasteiger partial charge is 0.452 e. The predicted octanol–water partition coefficient (Wildman–Crippen LogP) is 5.85. The molecular formula is C25H18BrF4N7O3. The van der Waals surface area contributed by atoms with Crippen LogP contribution in [0.1, 0.15) is 35.9 Å². The Kier molecular flexibility index (Phi) is 6.91. The summed E-state index contributed by atoms with van der Waals surface area (Å²) in [5.74, 6) is -2.35. The average molecular weight is 620 g/mol. The maximum Gasteiger partial charge on any atom is 0.434 e. The number of carbonyl (C=O) groups is 1. The van der Waals surface area contributed by atoms with Gasteiger partial charge in [0.25, 0.3) is 5.91 Å². The van der Waals surface area contributed by atoms with Crippen LogP contribution in [-0.4, -0.2) is 35.2 Å². The summed E-state index contributed by atoms with van der Waals surface area (Å²) in [5.41, 5.74) is -2.10. The normalized spacial score (nSPS) is 11.8. The number of rotatable bonds is 6. The lowest BCUT2D eigenvalue weighted by Crippen LogP contribution is -2.21. The molecule has 1 aromatic carbocycles. The van der Waals surface area contributed by atoms with Gasteiger partial charge < -0.3 is 10.1 Å². The zero-order valence-corrected chi connectivity index (χ0v) is 22.2. The Morgan fingerprint density at radius 3 is 2.58 bits per heavy atom. The molecule has 0 unspecified atom stereocenters. The van der Waals surface area contributed by atoms with Crippen LogP contribution < -0.4 is 15.7 Å². The van der Waals surface area contributed by atoms with E-state index in [0.29, 0.717) is 10.2 Å². The van der Waals surface area contributed by atoms with Crippen LogP contribution in [-0.2, 0) is 6.18 Å². The van der Waals surface area contributed by atoms with Crippen molar-refractivity contribution in [3.63, 3.8) is 0 Å². The van der Waals surface area contributed by atoms with Gasteiger partial charge in [-0.3, -0.25) is 14.3 Å². The first-order chi connectivity index (χ1) is 19.0. The van der Waals surface area contributed by atoms with Crippen LogP contribution >= 0.6 is 15.9 Å². The Morgan fingerprint density at radius 2 is 1.90 bits per heavy atom. The molecule has 5 aromatic rings. The van der Waals surface area contributed by atoms with E-state index in [2.05, 4.69) is 41.3 Å². The summed E-state index contributed by atoms with van der Waals surface area (Å²) in [7, 11) is 0. The van der Waals surface area contributed by atoms with E-state index in [-0.39, 0.29) is 39.2 Å². The molecule has 40 heavy (non-hydrogen) atoms. The highest BCUT2D eigenvalue weighted by Crippen LogP contribution is 2.36. The van der Waals surface area contributed by atoms with Crippen LogP contribution in [0.3, 0.4) is 0 Å². The topological polar surface area (TPSA) is 120 Å². The third-order valence-corrected chi connectivity index (χ3v) is 6.34. The number of nitrogens with zero attached hydrogens (tertiary/aromatic N) is 5. The molecule has 1 amide bonds. The number of hydrogen-bond acceptors (Lipinski definition) is 6. The molecule has 0 atom stereocenters. The van der Waals surface area contributed by atoms with Gasteiger partial charge in [0.15, 0.2) is 34.5 Å². The molecule has 206 valence electrons. The summed E-state index contributed by atoms with van der Waals surface area (Å²) in [5, 5.41) is 5.98. The molecule has 2 N–H and O–H groups in total. The third kappa shape index (κ3) is 4.95. The number of pyridine rings is 2. The fraction of sp³-hybridized carbons (Fsp3) is 0.160. The summed E-state index contributed by atoms with van der Waals surface area (Å²) < 4.78 is 64.8. The number of amides is 1. The molecule has 0 saturated heterocycles. The number of ether oxygens (including phenoxy) is 1. The lowest BCUT2D eigenvalue weighted by atomic mass is 10.2. The van der Waals surface area contributed by atoms with Gasteiger partial charge in [-0.15, -0.1) is 0 Å². The zero-order valence-electron chi connectivity index (χ0n) is 20.6. The minimum Gasteiger partial charge on any atom is -0.452 e. The second-order valence-corrected chi connectivity index (χ2v) is 9.58. The quantitative estimate of drug-likeness (QED) is 0.230.